The summed E-state index contributed by atoms with van der Waals surface area (Å²) in [7, 11) is 0. The second-order valence-electron chi connectivity index (χ2n) is 8.54. The SMILES string of the molecule is C=CCCC(Oc1ccc(C(C)(C)c2ccc(OC(CCC=C)C(=O)O)c(Br)c2)cc1Br)C(=O)O. The Balaban J connectivity index is 2.26. The van der Waals surface area contributed by atoms with E-state index in [9.17, 15) is 19.8 Å². The Bertz CT molecular complexity index is 996. The summed E-state index contributed by atoms with van der Waals surface area (Å²) < 4.78 is 12.8. The van der Waals surface area contributed by atoms with Crippen molar-refractivity contribution in [2.75, 3.05) is 0 Å². The molecule has 0 aromatic heterocycles. The van der Waals surface area contributed by atoms with Crippen LogP contribution in [0.4, 0.5) is 0 Å². The standard InChI is InChI=1S/C27H30Br2O6/c1-5-7-9-23(25(30)31)34-21-13-11-17(15-19(21)28)27(3,4)18-12-14-22(20(29)16-18)35-24(26(32)33)10-8-6-2/h5-6,11-16,23-24H,1-2,7-10H2,3-4H3,(H,30,31)(H,32,33). The molecule has 2 N–H and O–H groups in total. The first-order valence-corrected chi connectivity index (χ1v) is 12.7. The third-order valence-electron chi connectivity index (χ3n) is 5.66. The molecule has 0 aliphatic carbocycles. The fourth-order valence-corrected chi connectivity index (χ4v) is 4.39. The van der Waals surface area contributed by atoms with Crippen molar-refractivity contribution in [3.63, 3.8) is 0 Å². The molecule has 0 aliphatic rings. The predicted octanol–water partition coefficient (Wildman–Crippen LogP) is 7.13. The highest BCUT2D eigenvalue weighted by molar-refractivity contribution is 9.10. The minimum atomic E-state index is -1.02. The number of hydrogen-bond acceptors (Lipinski definition) is 4. The van der Waals surface area contributed by atoms with Crippen molar-refractivity contribution in [2.24, 2.45) is 0 Å². The van der Waals surface area contributed by atoms with E-state index in [2.05, 4.69) is 58.9 Å². The molecule has 0 saturated carbocycles. The maximum Gasteiger partial charge on any atom is 0.344 e. The van der Waals surface area contributed by atoms with Gasteiger partial charge in [0.05, 0.1) is 8.95 Å². The van der Waals surface area contributed by atoms with Crippen molar-refractivity contribution < 1.29 is 29.3 Å². The molecule has 0 fully saturated rings. The number of ether oxygens (including phenoxy) is 2. The van der Waals surface area contributed by atoms with Crippen LogP contribution in [0.1, 0.15) is 50.7 Å². The summed E-state index contributed by atoms with van der Waals surface area (Å²) in [6, 6.07) is 11.1. The van der Waals surface area contributed by atoms with E-state index in [1.807, 2.05) is 24.3 Å². The molecule has 35 heavy (non-hydrogen) atoms. The second kappa shape index (κ2) is 12.9. The fourth-order valence-electron chi connectivity index (χ4n) is 3.45. The van der Waals surface area contributed by atoms with E-state index in [1.165, 1.54) is 0 Å². The smallest absolute Gasteiger partial charge is 0.344 e. The summed E-state index contributed by atoms with van der Waals surface area (Å²) in [5, 5.41) is 18.9. The molecule has 0 saturated heterocycles. The zero-order valence-electron chi connectivity index (χ0n) is 19.8. The molecule has 0 bridgehead atoms. The number of rotatable bonds is 14. The van der Waals surface area contributed by atoms with Crippen molar-refractivity contribution >= 4 is 43.8 Å². The van der Waals surface area contributed by atoms with E-state index in [-0.39, 0.29) is 0 Å². The monoisotopic (exact) mass is 608 g/mol. The van der Waals surface area contributed by atoms with Gasteiger partial charge in [0.15, 0.2) is 12.2 Å². The Kier molecular flexibility index (Phi) is 10.6. The summed E-state index contributed by atoms with van der Waals surface area (Å²) in [4.78, 5) is 23.0. The third kappa shape index (κ3) is 7.70. The minimum Gasteiger partial charge on any atom is -0.479 e. The lowest BCUT2D eigenvalue weighted by molar-refractivity contribution is -0.146. The molecule has 0 radical (unpaired) electrons. The van der Waals surface area contributed by atoms with E-state index in [1.54, 1.807) is 24.3 Å². The number of carboxylic acids is 2. The minimum absolute atomic E-state index is 0.331. The van der Waals surface area contributed by atoms with Gasteiger partial charge in [-0.1, -0.05) is 38.1 Å². The highest BCUT2D eigenvalue weighted by atomic mass is 79.9. The van der Waals surface area contributed by atoms with Crippen molar-refractivity contribution in [3.8, 4) is 11.5 Å². The number of aliphatic carboxylic acids is 2. The van der Waals surface area contributed by atoms with Crippen LogP contribution < -0.4 is 9.47 Å². The molecule has 0 amide bonds. The van der Waals surface area contributed by atoms with Crippen molar-refractivity contribution in [1.82, 2.24) is 0 Å². The van der Waals surface area contributed by atoms with Crippen LogP contribution in [0.3, 0.4) is 0 Å². The van der Waals surface area contributed by atoms with Crippen LogP contribution in [0.15, 0.2) is 70.7 Å². The highest BCUT2D eigenvalue weighted by Crippen LogP contribution is 2.39. The topological polar surface area (TPSA) is 93.1 Å². The van der Waals surface area contributed by atoms with Gasteiger partial charge in [-0.05, 0) is 92.9 Å². The number of carboxylic acid groups (broad SMARTS) is 2. The fraction of sp³-hybridized carbons (Fsp3) is 0.333. The van der Waals surface area contributed by atoms with Crippen LogP contribution in [0.25, 0.3) is 0 Å². The number of benzene rings is 2. The van der Waals surface area contributed by atoms with Crippen LogP contribution >= 0.6 is 31.9 Å². The van der Waals surface area contributed by atoms with Crippen LogP contribution in [0.2, 0.25) is 0 Å². The van der Waals surface area contributed by atoms with Crippen LogP contribution in [0, 0.1) is 0 Å². The van der Waals surface area contributed by atoms with Crippen molar-refractivity contribution in [1.29, 1.82) is 0 Å². The summed E-state index contributed by atoms with van der Waals surface area (Å²) in [6.45, 7) is 11.4. The Hall–Kier alpha value is -2.58. The molecule has 2 atom stereocenters. The van der Waals surface area contributed by atoms with Gasteiger partial charge >= 0.3 is 11.9 Å². The zero-order valence-corrected chi connectivity index (χ0v) is 23.0. The summed E-state index contributed by atoms with van der Waals surface area (Å²) in [5.41, 5.74) is 1.53. The van der Waals surface area contributed by atoms with Crippen molar-refractivity contribution in [3.05, 3.63) is 81.8 Å². The molecule has 188 valence electrons. The van der Waals surface area contributed by atoms with Gasteiger partial charge in [-0.2, -0.15) is 0 Å². The molecule has 2 aromatic rings. The molecule has 0 heterocycles. The number of allylic oxidation sites excluding steroid dienone is 2. The van der Waals surface area contributed by atoms with E-state index in [0.717, 1.165) is 11.1 Å². The van der Waals surface area contributed by atoms with E-state index >= 15 is 0 Å². The van der Waals surface area contributed by atoms with Crippen LogP contribution in [-0.4, -0.2) is 34.4 Å². The normalized spacial score (nSPS) is 12.9. The Morgan fingerprint density at radius 2 is 1.23 bits per heavy atom. The summed E-state index contributed by atoms with van der Waals surface area (Å²) >= 11 is 7.03. The zero-order chi connectivity index (χ0) is 26.2. The summed E-state index contributed by atoms with van der Waals surface area (Å²) in [6.07, 6.45) is 3.13. The molecule has 2 unspecified atom stereocenters. The molecular formula is C27H30Br2O6. The number of halogens is 2. The first-order chi connectivity index (χ1) is 16.5. The average Bonchev–Trinajstić information content (AvgIpc) is 2.80. The first kappa shape index (κ1) is 28.7. The largest absolute Gasteiger partial charge is 0.479 e. The quantitative estimate of drug-likeness (QED) is 0.221. The lowest BCUT2D eigenvalue weighted by atomic mass is 9.78. The van der Waals surface area contributed by atoms with Gasteiger partial charge in [0.1, 0.15) is 11.5 Å². The van der Waals surface area contributed by atoms with E-state index < -0.39 is 29.6 Å². The van der Waals surface area contributed by atoms with E-state index in [4.69, 9.17) is 9.47 Å². The molecule has 2 rings (SSSR count). The molecule has 6 nitrogen and oxygen atoms in total. The molecule has 8 heteroatoms. The Morgan fingerprint density at radius 3 is 1.51 bits per heavy atom. The maximum absolute atomic E-state index is 11.5. The molecular weight excluding hydrogens is 580 g/mol. The maximum atomic E-state index is 11.5. The number of carbonyl (C=O) groups is 2. The second-order valence-corrected chi connectivity index (χ2v) is 10.2. The lowest BCUT2D eigenvalue weighted by Crippen LogP contribution is -2.27. The molecule has 2 aromatic carbocycles. The third-order valence-corrected chi connectivity index (χ3v) is 6.90. The molecule has 0 spiro atoms. The van der Waals surface area contributed by atoms with Gasteiger partial charge in [-0.25, -0.2) is 9.59 Å². The Morgan fingerprint density at radius 1 is 0.857 bits per heavy atom. The van der Waals surface area contributed by atoms with Gasteiger partial charge in [0, 0.05) is 5.41 Å². The highest BCUT2D eigenvalue weighted by Gasteiger charge is 2.27. The van der Waals surface area contributed by atoms with Gasteiger partial charge < -0.3 is 19.7 Å². The van der Waals surface area contributed by atoms with Gasteiger partial charge in [-0.15, -0.1) is 13.2 Å². The van der Waals surface area contributed by atoms with E-state index in [0.29, 0.717) is 46.1 Å². The molecule has 0 aliphatic heterocycles. The van der Waals surface area contributed by atoms with Crippen molar-refractivity contribution in [2.45, 2.75) is 57.2 Å². The summed E-state index contributed by atoms with van der Waals surface area (Å²) in [5.74, 6) is -1.15. The first-order valence-electron chi connectivity index (χ1n) is 11.1. The Labute approximate surface area is 222 Å². The average molecular weight is 610 g/mol. The van der Waals surface area contributed by atoms with Crippen LogP contribution in [-0.2, 0) is 15.0 Å². The van der Waals surface area contributed by atoms with Gasteiger partial charge in [0.2, 0.25) is 0 Å². The predicted molar refractivity (Wildman–Crippen MR) is 143 cm³/mol. The van der Waals surface area contributed by atoms with Gasteiger partial charge in [-0.3, -0.25) is 0 Å². The van der Waals surface area contributed by atoms with Crippen LogP contribution in [0.5, 0.6) is 11.5 Å². The number of hydrogen-bond donors (Lipinski definition) is 2. The lowest BCUT2D eigenvalue weighted by Gasteiger charge is -2.28. The van der Waals surface area contributed by atoms with Gasteiger partial charge in [0.25, 0.3) is 0 Å².